The molecule has 4 aromatic rings. The smallest absolute Gasteiger partial charge is 0.262 e. The number of hydrogen-bond acceptors (Lipinski definition) is 7. The van der Waals surface area contributed by atoms with Crippen molar-refractivity contribution in [1.29, 1.82) is 0 Å². The summed E-state index contributed by atoms with van der Waals surface area (Å²) in [5, 5.41) is 2.98. The van der Waals surface area contributed by atoms with E-state index in [-0.39, 0.29) is 29.2 Å². The van der Waals surface area contributed by atoms with Gasteiger partial charge in [-0.05, 0) is 50.2 Å². The van der Waals surface area contributed by atoms with Gasteiger partial charge >= 0.3 is 0 Å². The highest BCUT2D eigenvalue weighted by Crippen LogP contribution is 2.31. The van der Waals surface area contributed by atoms with Crippen LogP contribution >= 0.6 is 0 Å². The molecule has 3 aromatic carbocycles. The van der Waals surface area contributed by atoms with Crippen LogP contribution in [0.25, 0.3) is 11.0 Å². The number of rotatable bonds is 9. The quantitative estimate of drug-likeness (QED) is 0.333. The summed E-state index contributed by atoms with van der Waals surface area (Å²) in [7, 11) is 0. The molecule has 8 nitrogen and oxygen atoms in total. The molecule has 1 aromatic heterocycles. The second kappa shape index (κ2) is 10.6. The molecule has 0 radical (unpaired) electrons. The molecule has 4 rings (SSSR count). The Bertz CT molecular complexity index is 1440. The second-order valence-corrected chi connectivity index (χ2v) is 7.54. The lowest BCUT2D eigenvalue weighted by molar-refractivity contribution is -0.118. The predicted molar refractivity (Wildman–Crippen MR) is 131 cm³/mol. The number of hydrogen-bond donors (Lipinski definition) is 1. The third-order valence-corrected chi connectivity index (χ3v) is 5.01. The summed E-state index contributed by atoms with van der Waals surface area (Å²) >= 11 is 0. The zero-order valence-corrected chi connectivity index (χ0v) is 19.2. The summed E-state index contributed by atoms with van der Waals surface area (Å²) in [4.78, 5) is 36.7. The van der Waals surface area contributed by atoms with Gasteiger partial charge < -0.3 is 23.9 Å². The maximum absolute atomic E-state index is 12.9. The fraction of sp³-hybridized carbons (Fsp3) is 0.148. The number of fused-ring (bicyclic) bond motifs is 1. The van der Waals surface area contributed by atoms with Crippen molar-refractivity contribution >= 4 is 28.3 Å². The number of ketones is 1. The molecule has 0 spiro atoms. The lowest BCUT2D eigenvalue weighted by Crippen LogP contribution is -2.20. The Kier molecular flexibility index (Phi) is 7.11. The molecular weight excluding hydrogens is 450 g/mol. The minimum absolute atomic E-state index is 0.0190. The molecule has 35 heavy (non-hydrogen) atoms. The number of nitrogens with one attached hydrogen (secondary N) is 1. The maximum Gasteiger partial charge on any atom is 0.262 e. The molecule has 178 valence electrons. The molecule has 1 heterocycles. The van der Waals surface area contributed by atoms with Gasteiger partial charge in [-0.2, -0.15) is 0 Å². The van der Waals surface area contributed by atoms with Crippen LogP contribution in [0.2, 0.25) is 0 Å². The van der Waals surface area contributed by atoms with E-state index in [4.69, 9.17) is 18.6 Å². The number of ether oxygens (including phenoxy) is 3. The number of Topliss-reactive ketones (excluding diaryl/α,β-unsaturated/α-hetero) is 1. The zero-order chi connectivity index (χ0) is 24.8. The number of amides is 1. The van der Waals surface area contributed by atoms with E-state index < -0.39 is 5.91 Å². The number of anilines is 1. The van der Waals surface area contributed by atoms with Crippen molar-refractivity contribution < 1.29 is 28.2 Å². The van der Waals surface area contributed by atoms with Crippen LogP contribution in [-0.4, -0.2) is 24.9 Å². The van der Waals surface area contributed by atoms with E-state index in [1.54, 1.807) is 54.6 Å². The van der Waals surface area contributed by atoms with E-state index in [1.807, 2.05) is 13.0 Å². The van der Waals surface area contributed by atoms with Gasteiger partial charge in [0.05, 0.1) is 12.0 Å². The van der Waals surface area contributed by atoms with E-state index in [1.165, 1.54) is 19.3 Å². The largest absolute Gasteiger partial charge is 0.490 e. The highest BCUT2D eigenvalue weighted by atomic mass is 16.5. The van der Waals surface area contributed by atoms with Crippen molar-refractivity contribution in [3.8, 4) is 23.0 Å². The molecule has 0 unspecified atom stereocenters. The van der Waals surface area contributed by atoms with E-state index in [0.717, 1.165) is 0 Å². The third kappa shape index (κ3) is 5.67. The third-order valence-electron chi connectivity index (χ3n) is 5.01. The van der Waals surface area contributed by atoms with Crippen molar-refractivity contribution in [3.05, 3.63) is 88.8 Å². The van der Waals surface area contributed by atoms with Gasteiger partial charge in [0.2, 0.25) is 11.2 Å². The summed E-state index contributed by atoms with van der Waals surface area (Å²) in [6.45, 7) is 3.50. The molecule has 1 amide bonds. The van der Waals surface area contributed by atoms with Gasteiger partial charge in [0.25, 0.3) is 5.91 Å². The summed E-state index contributed by atoms with van der Waals surface area (Å²) in [6, 6.07) is 18.3. The standard InChI is InChI=1S/C27H23NO7/c1-3-32-22-9-4-5-10-23(22)35-25-15-34-24-14-20(11-12-21(24)27(25)31)33-16-26(30)28-19-8-6-7-18(13-19)17(2)29/h4-15H,3,16H2,1-2H3,(H,28,30). The van der Waals surface area contributed by atoms with Crippen molar-refractivity contribution in [2.75, 3.05) is 18.5 Å². The first-order valence-corrected chi connectivity index (χ1v) is 10.9. The maximum atomic E-state index is 12.9. The van der Waals surface area contributed by atoms with Gasteiger partial charge in [0.15, 0.2) is 23.9 Å². The highest BCUT2D eigenvalue weighted by Gasteiger charge is 2.13. The Balaban J connectivity index is 1.45. The van der Waals surface area contributed by atoms with Crippen LogP contribution in [0.1, 0.15) is 24.2 Å². The topological polar surface area (TPSA) is 104 Å². The van der Waals surface area contributed by atoms with Gasteiger partial charge in [0.1, 0.15) is 17.6 Å². The van der Waals surface area contributed by atoms with Crippen LogP contribution in [0, 0.1) is 0 Å². The SMILES string of the molecule is CCOc1ccccc1Oc1coc2cc(OCC(=O)Nc3cccc(C(C)=O)c3)ccc2c1=O. The van der Waals surface area contributed by atoms with E-state index in [9.17, 15) is 14.4 Å². The molecule has 0 aliphatic rings. The van der Waals surface area contributed by atoms with Gasteiger partial charge in [-0.15, -0.1) is 0 Å². The predicted octanol–water partition coefficient (Wildman–Crippen LogP) is 5.20. The molecule has 8 heteroatoms. The van der Waals surface area contributed by atoms with Gasteiger partial charge in [-0.3, -0.25) is 14.4 Å². The molecule has 1 N–H and O–H groups in total. The number of benzene rings is 3. The lowest BCUT2D eigenvalue weighted by Gasteiger charge is -2.11. The van der Waals surface area contributed by atoms with Crippen LogP contribution in [0.15, 0.2) is 82.2 Å². The van der Waals surface area contributed by atoms with E-state index in [0.29, 0.717) is 40.5 Å². The van der Waals surface area contributed by atoms with Crippen molar-refractivity contribution in [2.45, 2.75) is 13.8 Å². The Morgan fingerprint density at radius 2 is 1.71 bits per heavy atom. The molecule has 0 atom stereocenters. The molecule has 0 aliphatic carbocycles. The zero-order valence-electron chi connectivity index (χ0n) is 19.2. The van der Waals surface area contributed by atoms with Crippen LogP contribution in [0.5, 0.6) is 23.0 Å². The highest BCUT2D eigenvalue weighted by molar-refractivity contribution is 5.97. The summed E-state index contributed by atoms with van der Waals surface area (Å²) in [6.07, 6.45) is 1.23. The van der Waals surface area contributed by atoms with Gasteiger partial charge in [-0.25, -0.2) is 0 Å². The van der Waals surface area contributed by atoms with Crippen LogP contribution < -0.4 is 25.0 Å². The first-order chi connectivity index (χ1) is 16.9. The number of carbonyl (C=O) groups is 2. The Morgan fingerprint density at radius 3 is 2.49 bits per heavy atom. The molecule has 0 saturated carbocycles. The molecule has 0 aliphatic heterocycles. The van der Waals surface area contributed by atoms with E-state index in [2.05, 4.69) is 5.32 Å². The first kappa shape index (κ1) is 23.6. The molecule has 0 fully saturated rings. The summed E-state index contributed by atoms with van der Waals surface area (Å²) < 4.78 is 22.4. The van der Waals surface area contributed by atoms with Crippen LogP contribution in [-0.2, 0) is 4.79 Å². The first-order valence-electron chi connectivity index (χ1n) is 10.9. The fourth-order valence-corrected chi connectivity index (χ4v) is 3.34. The Morgan fingerprint density at radius 1 is 0.914 bits per heavy atom. The van der Waals surface area contributed by atoms with Crippen molar-refractivity contribution in [1.82, 2.24) is 0 Å². The van der Waals surface area contributed by atoms with Crippen molar-refractivity contribution in [3.63, 3.8) is 0 Å². The lowest BCUT2D eigenvalue weighted by atomic mass is 10.1. The average Bonchev–Trinajstić information content (AvgIpc) is 2.86. The summed E-state index contributed by atoms with van der Waals surface area (Å²) in [5.41, 5.74) is 0.923. The molecule has 0 saturated heterocycles. The van der Waals surface area contributed by atoms with Gasteiger partial charge in [0, 0.05) is 17.3 Å². The monoisotopic (exact) mass is 473 g/mol. The van der Waals surface area contributed by atoms with Crippen LogP contribution in [0.3, 0.4) is 0 Å². The molecule has 0 bridgehead atoms. The average molecular weight is 473 g/mol. The molecular formula is C27H23NO7. The number of carbonyl (C=O) groups excluding carboxylic acids is 2. The van der Waals surface area contributed by atoms with Crippen molar-refractivity contribution in [2.24, 2.45) is 0 Å². The normalized spacial score (nSPS) is 10.6. The Labute approximate surface area is 201 Å². The fourth-order valence-electron chi connectivity index (χ4n) is 3.34. The minimum atomic E-state index is -0.399. The minimum Gasteiger partial charge on any atom is -0.490 e. The van der Waals surface area contributed by atoms with Crippen LogP contribution in [0.4, 0.5) is 5.69 Å². The number of para-hydroxylation sites is 2. The Hall–Kier alpha value is -4.59. The van der Waals surface area contributed by atoms with E-state index >= 15 is 0 Å². The van der Waals surface area contributed by atoms with Gasteiger partial charge in [-0.1, -0.05) is 24.3 Å². The summed E-state index contributed by atoms with van der Waals surface area (Å²) in [5.74, 6) is 0.797. The second-order valence-electron chi connectivity index (χ2n) is 7.54.